The zero-order chi connectivity index (χ0) is 18.9. The Morgan fingerprint density at radius 1 is 1.20 bits per heavy atom. The number of amides is 1. The Morgan fingerprint density at radius 2 is 1.84 bits per heavy atom. The second-order valence-electron chi connectivity index (χ2n) is 6.85. The summed E-state index contributed by atoms with van der Waals surface area (Å²) in [6.45, 7) is 12.5. The van der Waals surface area contributed by atoms with E-state index in [1.54, 1.807) is 0 Å². The first-order valence-electron chi connectivity index (χ1n) is 8.74. The third-order valence-electron chi connectivity index (χ3n) is 3.74. The van der Waals surface area contributed by atoms with E-state index < -0.39 is 0 Å². The van der Waals surface area contributed by atoms with E-state index >= 15 is 0 Å². The molecule has 0 radical (unpaired) electrons. The van der Waals surface area contributed by atoms with Crippen molar-refractivity contribution in [1.29, 1.82) is 0 Å². The number of benzene rings is 1. The van der Waals surface area contributed by atoms with Crippen LogP contribution in [0.1, 0.15) is 40.2 Å². The third-order valence-corrected chi connectivity index (χ3v) is 4.99. The van der Waals surface area contributed by atoms with Crippen LogP contribution in [0.5, 0.6) is 0 Å². The number of rotatable bonds is 8. The lowest BCUT2D eigenvalue weighted by Crippen LogP contribution is -2.43. The van der Waals surface area contributed by atoms with Gasteiger partial charge < -0.3 is 16.0 Å². The van der Waals surface area contributed by atoms with E-state index in [-0.39, 0.29) is 16.6 Å². The van der Waals surface area contributed by atoms with Gasteiger partial charge in [-0.3, -0.25) is 4.79 Å². The second kappa shape index (κ2) is 10.3. The van der Waals surface area contributed by atoms with Crippen LogP contribution in [0.15, 0.2) is 29.3 Å². The summed E-state index contributed by atoms with van der Waals surface area (Å²) in [5.41, 5.74) is 1.92. The predicted octanol–water partition coefficient (Wildman–Crippen LogP) is 3.48. The minimum atomic E-state index is -0.0245. The van der Waals surface area contributed by atoms with Crippen molar-refractivity contribution in [3.63, 3.8) is 0 Å². The first-order chi connectivity index (χ1) is 11.8. The molecule has 0 spiro atoms. The summed E-state index contributed by atoms with van der Waals surface area (Å²) in [6.07, 6.45) is 2.12. The van der Waals surface area contributed by atoms with Crippen molar-refractivity contribution >= 4 is 29.3 Å². The molecule has 0 fully saturated rings. The number of nitrogens with one attached hydrogen (secondary N) is 3. The summed E-state index contributed by atoms with van der Waals surface area (Å²) < 4.78 is 0.159. The second-order valence-corrected chi connectivity index (χ2v) is 8.37. The first kappa shape index (κ1) is 21.4. The van der Waals surface area contributed by atoms with Gasteiger partial charge in [-0.2, -0.15) is 11.8 Å². The Kier molecular flexibility index (Phi) is 8.83. The van der Waals surface area contributed by atoms with Gasteiger partial charge in [0.05, 0.1) is 6.54 Å². The van der Waals surface area contributed by atoms with E-state index in [0.29, 0.717) is 6.54 Å². The van der Waals surface area contributed by atoms with Gasteiger partial charge in [-0.05, 0) is 44.7 Å². The van der Waals surface area contributed by atoms with Crippen LogP contribution in [0.3, 0.4) is 0 Å². The number of aliphatic imine (C=N–C) groups is 1. The van der Waals surface area contributed by atoms with Crippen LogP contribution in [0.2, 0.25) is 0 Å². The fraction of sp³-hybridized carbons (Fsp3) is 0.579. The maximum atomic E-state index is 11.7. The van der Waals surface area contributed by atoms with Crippen molar-refractivity contribution < 1.29 is 4.79 Å². The summed E-state index contributed by atoms with van der Waals surface area (Å²) in [5.74, 6) is 0.825. The zero-order valence-electron chi connectivity index (χ0n) is 16.3. The monoisotopic (exact) mass is 364 g/mol. The molecule has 0 bridgehead atoms. The summed E-state index contributed by atoms with van der Waals surface area (Å²) in [7, 11) is 0. The Hall–Kier alpha value is -1.69. The average molecular weight is 365 g/mol. The number of hydrogen-bond donors (Lipinski definition) is 3. The van der Waals surface area contributed by atoms with Crippen LogP contribution in [0.25, 0.3) is 0 Å². The van der Waals surface area contributed by atoms with Crippen LogP contribution in [0, 0.1) is 5.92 Å². The van der Waals surface area contributed by atoms with Gasteiger partial charge in [0.1, 0.15) is 0 Å². The average Bonchev–Trinajstić information content (AvgIpc) is 2.58. The highest BCUT2D eigenvalue weighted by Gasteiger charge is 2.16. The Labute approximate surface area is 156 Å². The standard InChI is InChI=1S/C19H32N4OS/c1-7-20-18(22-13-19(4,5)25-6)21-12-15-8-10-16(11-9-15)23-17(24)14(2)3/h8-11,14H,7,12-13H2,1-6H3,(H,23,24)(H2,20,21,22). The molecule has 0 saturated carbocycles. The van der Waals surface area contributed by atoms with Gasteiger partial charge in [-0.25, -0.2) is 4.99 Å². The van der Waals surface area contributed by atoms with Crippen LogP contribution in [0.4, 0.5) is 5.69 Å². The van der Waals surface area contributed by atoms with Crippen LogP contribution >= 0.6 is 11.8 Å². The maximum absolute atomic E-state index is 11.7. The molecule has 3 N–H and O–H groups in total. The molecule has 0 heterocycles. The summed E-state index contributed by atoms with van der Waals surface area (Å²) in [6, 6.07) is 7.83. The van der Waals surface area contributed by atoms with Gasteiger partial charge in [0.15, 0.2) is 5.96 Å². The SMILES string of the molecule is CCNC(=NCc1ccc(NC(=O)C(C)C)cc1)NCC(C)(C)SC. The molecular formula is C19H32N4OS. The molecule has 6 heteroatoms. The minimum absolute atomic E-state index is 0.0245. The fourth-order valence-corrected chi connectivity index (χ4v) is 2.08. The topological polar surface area (TPSA) is 65.5 Å². The number of guanidine groups is 1. The lowest BCUT2D eigenvalue weighted by Gasteiger charge is -2.23. The molecule has 1 aromatic carbocycles. The third kappa shape index (κ3) is 8.29. The van der Waals surface area contributed by atoms with E-state index in [0.717, 1.165) is 30.3 Å². The first-order valence-corrected chi connectivity index (χ1v) is 9.97. The lowest BCUT2D eigenvalue weighted by molar-refractivity contribution is -0.118. The molecule has 1 aromatic rings. The van der Waals surface area contributed by atoms with Gasteiger partial charge >= 0.3 is 0 Å². The van der Waals surface area contributed by atoms with E-state index in [2.05, 4.69) is 48.0 Å². The molecule has 5 nitrogen and oxygen atoms in total. The Bertz CT molecular complexity index is 567. The predicted molar refractivity (Wildman–Crippen MR) is 110 cm³/mol. The van der Waals surface area contributed by atoms with Gasteiger partial charge in [-0.15, -0.1) is 0 Å². The van der Waals surface area contributed by atoms with Crippen LogP contribution in [-0.4, -0.2) is 36.0 Å². The van der Waals surface area contributed by atoms with Crippen molar-refractivity contribution in [2.45, 2.75) is 45.9 Å². The highest BCUT2D eigenvalue weighted by Crippen LogP contribution is 2.19. The molecule has 0 aromatic heterocycles. The summed E-state index contributed by atoms with van der Waals surface area (Å²) >= 11 is 1.83. The van der Waals surface area contributed by atoms with Crippen LogP contribution in [-0.2, 0) is 11.3 Å². The highest BCUT2D eigenvalue weighted by atomic mass is 32.2. The molecule has 1 rings (SSSR count). The van der Waals surface area contributed by atoms with Crippen LogP contribution < -0.4 is 16.0 Å². The van der Waals surface area contributed by atoms with E-state index in [1.165, 1.54) is 0 Å². The number of thioether (sulfide) groups is 1. The normalized spacial score (nSPS) is 12.2. The number of carbonyl (C=O) groups is 1. The van der Waals surface area contributed by atoms with Gasteiger partial charge in [0.2, 0.25) is 5.91 Å². The number of carbonyl (C=O) groups excluding carboxylic acids is 1. The molecule has 0 aliphatic heterocycles. The number of anilines is 1. The van der Waals surface area contributed by atoms with Gasteiger partial charge in [-0.1, -0.05) is 26.0 Å². The van der Waals surface area contributed by atoms with E-state index in [4.69, 9.17) is 0 Å². The van der Waals surface area contributed by atoms with Crippen molar-refractivity contribution in [2.24, 2.45) is 10.9 Å². The Balaban J connectivity index is 2.65. The van der Waals surface area contributed by atoms with Gasteiger partial charge in [0, 0.05) is 29.4 Å². The summed E-state index contributed by atoms with van der Waals surface area (Å²) in [4.78, 5) is 16.3. The molecule has 25 heavy (non-hydrogen) atoms. The minimum Gasteiger partial charge on any atom is -0.357 e. The molecule has 0 aliphatic rings. The largest absolute Gasteiger partial charge is 0.357 e. The van der Waals surface area contributed by atoms with Crippen molar-refractivity contribution in [1.82, 2.24) is 10.6 Å². The molecule has 0 atom stereocenters. The Morgan fingerprint density at radius 3 is 2.36 bits per heavy atom. The maximum Gasteiger partial charge on any atom is 0.226 e. The smallest absolute Gasteiger partial charge is 0.226 e. The highest BCUT2D eigenvalue weighted by molar-refractivity contribution is 7.99. The molecule has 1 amide bonds. The molecule has 0 unspecified atom stereocenters. The van der Waals surface area contributed by atoms with Crippen molar-refractivity contribution in [2.75, 3.05) is 24.7 Å². The zero-order valence-corrected chi connectivity index (χ0v) is 17.1. The van der Waals surface area contributed by atoms with E-state index in [1.807, 2.05) is 49.9 Å². The van der Waals surface area contributed by atoms with Crippen molar-refractivity contribution in [3.8, 4) is 0 Å². The molecule has 0 aliphatic carbocycles. The fourth-order valence-electron chi connectivity index (χ4n) is 1.86. The van der Waals surface area contributed by atoms with E-state index in [9.17, 15) is 4.79 Å². The quantitative estimate of drug-likeness (QED) is 0.488. The number of nitrogens with zero attached hydrogens (tertiary/aromatic N) is 1. The lowest BCUT2D eigenvalue weighted by atomic mass is 10.1. The van der Waals surface area contributed by atoms with Crippen molar-refractivity contribution in [3.05, 3.63) is 29.8 Å². The molecule has 140 valence electrons. The summed E-state index contributed by atoms with van der Waals surface area (Å²) in [5, 5.41) is 9.56. The molecular weight excluding hydrogens is 332 g/mol. The molecule has 0 saturated heterocycles. The number of hydrogen-bond acceptors (Lipinski definition) is 3. The van der Waals surface area contributed by atoms with Gasteiger partial charge in [0.25, 0.3) is 0 Å².